The van der Waals surface area contributed by atoms with Crippen LogP contribution in [0.15, 0.2) is 53.7 Å². The van der Waals surface area contributed by atoms with Gasteiger partial charge in [0.05, 0.1) is 17.1 Å². The van der Waals surface area contributed by atoms with Crippen molar-refractivity contribution in [3.8, 4) is 0 Å². The Hall–Kier alpha value is -2.80. The Balaban J connectivity index is 1.27. The summed E-state index contributed by atoms with van der Waals surface area (Å²) < 4.78 is 2.30. The molecule has 33 heavy (non-hydrogen) atoms. The van der Waals surface area contributed by atoms with Gasteiger partial charge in [-0.05, 0) is 68.2 Å². The summed E-state index contributed by atoms with van der Waals surface area (Å²) >= 11 is 1.53. The van der Waals surface area contributed by atoms with Crippen molar-refractivity contribution in [1.82, 2.24) is 14.8 Å². The number of thioether (sulfide) groups is 1. The van der Waals surface area contributed by atoms with Gasteiger partial charge in [0.1, 0.15) is 0 Å². The number of rotatable bonds is 5. The zero-order valence-corrected chi connectivity index (χ0v) is 19.6. The number of benzene rings is 2. The van der Waals surface area contributed by atoms with E-state index >= 15 is 0 Å². The molecule has 3 heterocycles. The molecule has 6 nitrogen and oxygen atoms in total. The first-order chi connectivity index (χ1) is 16.3. The molecule has 1 aliphatic carbocycles. The van der Waals surface area contributed by atoms with Gasteiger partial charge in [-0.25, -0.2) is 0 Å². The Labute approximate surface area is 199 Å². The lowest BCUT2D eigenvalue weighted by Crippen LogP contribution is -2.32. The second-order valence-electron chi connectivity index (χ2n) is 9.21. The molecular weight excluding hydrogens is 430 g/mol. The minimum absolute atomic E-state index is 0.0895. The fraction of sp³-hybridized carbons (Fsp3) is 0.423. The van der Waals surface area contributed by atoms with Gasteiger partial charge in [0, 0.05) is 19.1 Å². The van der Waals surface area contributed by atoms with E-state index in [1.54, 1.807) is 0 Å². The molecule has 1 saturated heterocycles. The average Bonchev–Trinajstić information content (AvgIpc) is 3.64. The van der Waals surface area contributed by atoms with Gasteiger partial charge in [0.2, 0.25) is 11.9 Å². The van der Waals surface area contributed by atoms with E-state index in [0.717, 1.165) is 48.4 Å². The minimum atomic E-state index is 0.0895. The van der Waals surface area contributed by atoms with E-state index in [1.165, 1.54) is 55.0 Å². The fourth-order valence-electron chi connectivity index (χ4n) is 5.07. The quantitative estimate of drug-likeness (QED) is 0.494. The molecule has 1 amide bonds. The lowest BCUT2D eigenvalue weighted by Gasteiger charge is -2.28. The van der Waals surface area contributed by atoms with E-state index in [4.69, 9.17) is 0 Å². The van der Waals surface area contributed by atoms with E-state index in [-0.39, 0.29) is 5.91 Å². The van der Waals surface area contributed by atoms with Gasteiger partial charge in [0.25, 0.3) is 0 Å². The number of fused-ring (bicyclic) bond motifs is 2. The molecule has 0 spiro atoms. The molecule has 6 rings (SSSR count). The van der Waals surface area contributed by atoms with E-state index in [1.807, 2.05) is 17.0 Å². The number of para-hydroxylation sites is 2. The van der Waals surface area contributed by atoms with Crippen LogP contribution in [-0.4, -0.2) is 39.5 Å². The molecular formula is C26H29N5OS. The van der Waals surface area contributed by atoms with Crippen molar-refractivity contribution in [2.45, 2.75) is 56.1 Å². The van der Waals surface area contributed by atoms with Crippen molar-refractivity contribution in [2.24, 2.45) is 0 Å². The molecule has 2 fully saturated rings. The Bertz CT molecular complexity index is 1120. The van der Waals surface area contributed by atoms with Crippen LogP contribution in [0.5, 0.6) is 0 Å². The molecule has 170 valence electrons. The van der Waals surface area contributed by atoms with Crippen molar-refractivity contribution in [1.29, 1.82) is 0 Å². The van der Waals surface area contributed by atoms with Gasteiger partial charge in [-0.15, -0.1) is 10.2 Å². The number of aryl methyl sites for hydroxylation is 2. The van der Waals surface area contributed by atoms with Crippen LogP contribution in [0.1, 0.15) is 49.3 Å². The monoisotopic (exact) mass is 459 g/mol. The van der Waals surface area contributed by atoms with Crippen molar-refractivity contribution in [3.63, 3.8) is 0 Å². The van der Waals surface area contributed by atoms with Gasteiger partial charge >= 0.3 is 0 Å². The summed E-state index contributed by atoms with van der Waals surface area (Å²) in [4.78, 5) is 18.0. The summed E-state index contributed by atoms with van der Waals surface area (Å²) in [7, 11) is 0. The molecule has 2 aromatic carbocycles. The van der Waals surface area contributed by atoms with E-state index < -0.39 is 0 Å². The third-order valence-corrected chi connectivity index (χ3v) is 7.83. The Kier molecular flexibility index (Phi) is 5.58. The van der Waals surface area contributed by atoms with Crippen LogP contribution in [0, 0.1) is 0 Å². The number of aromatic nitrogens is 3. The largest absolute Gasteiger partial charge is 0.341 e. The molecule has 2 aliphatic heterocycles. The number of hydrogen-bond acceptors (Lipinski definition) is 5. The highest BCUT2D eigenvalue weighted by molar-refractivity contribution is 7.99. The van der Waals surface area contributed by atoms with E-state index in [9.17, 15) is 4.79 Å². The maximum Gasteiger partial charge on any atom is 0.242 e. The summed E-state index contributed by atoms with van der Waals surface area (Å²) in [6.45, 7) is 2.10. The number of anilines is 3. The summed E-state index contributed by atoms with van der Waals surface area (Å²) in [5, 5.41) is 9.99. The van der Waals surface area contributed by atoms with Crippen LogP contribution in [0.2, 0.25) is 0 Å². The molecule has 0 bridgehead atoms. The first-order valence-electron chi connectivity index (χ1n) is 12.1. The number of hydrogen-bond donors (Lipinski definition) is 0. The van der Waals surface area contributed by atoms with Gasteiger partial charge in [-0.3, -0.25) is 14.3 Å². The molecule has 1 aromatic heterocycles. The number of carbonyl (C=O) groups is 1. The molecule has 3 aromatic rings. The summed E-state index contributed by atoms with van der Waals surface area (Å²) in [6.07, 6.45) is 7.96. The summed E-state index contributed by atoms with van der Waals surface area (Å²) in [5.41, 5.74) is 4.46. The van der Waals surface area contributed by atoms with Crippen LogP contribution >= 0.6 is 11.8 Å². The predicted octanol–water partition coefficient (Wildman–Crippen LogP) is 5.16. The fourth-order valence-corrected chi connectivity index (χ4v) is 5.92. The number of carbonyl (C=O) groups excluding carboxylic acids is 1. The highest BCUT2D eigenvalue weighted by Gasteiger charge is 2.33. The number of amides is 1. The first kappa shape index (κ1) is 20.8. The van der Waals surface area contributed by atoms with Crippen molar-refractivity contribution >= 4 is 35.0 Å². The first-order valence-corrected chi connectivity index (χ1v) is 13.1. The third kappa shape index (κ3) is 4.03. The van der Waals surface area contributed by atoms with E-state index in [2.05, 4.69) is 56.1 Å². The van der Waals surface area contributed by atoms with Crippen LogP contribution < -0.4 is 9.80 Å². The van der Waals surface area contributed by atoms with E-state index in [0.29, 0.717) is 11.8 Å². The van der Waals surface area contributed by atoms with Gasteiger partial charge < -0.3 is 4.90 Å². The molecule has 7 heteroatoms. The predicted molar refractivity (Wildman–Crippen MR) is 133 cm³/mol. The highest BCUT2D eigenvalue weighted by Crippen LogP contribution is 2.42. The SMILES string of the molecule is O=C(CSc1nnc(N2CCCCC2)n1C1CC1)N1c2ccccc2CCc2ccccc21. The van der Waals surface area contributed by atoms with Crippen molar-refractivity contribution < 1.29 is 4.79 Å². The van der Waals surface area contributed by atoms with Crippen LogP contribution in [0.25, 0.3) is 0 Å². The Morgan fingerprint density at radius 2 is 1.52 bits per heavy atom. The second-order valence-corrected chi connectivity index (χ2v) is 10.1. The van der Waals surface area contributed by atoms with Gasteiger partial charge in [-0.2, -0.15) is 0 Å². The highest BCUT2D eigenvalue weighted by atomic mass is 32.2. The maximum atomic E-state index is 13.7. The third-order valence-electron chi connectivity index (χ3n) is 6.90. The second kappa shape index (κ2) is 8.86. The number of piperidine rings is 1. The maximum absolute atomic E-state index is 13.7. The molecule has 0 N–H and O–H groups in total. The molecule has 0 unspecified atom stereocenters. The van der Waals surface area contributed by atoms with Crippen molar-refractivity contribution in [3.05, 3.63) is 59.7 Å². The van der Waals surface area contributed by atoms with Gasteiger partial charge in [-0.1, -0.05) is 48.2 Å². The average molecular weight is 460 g/mol. The zero-order valence-electron chi connectivity index (χ0n) is 18.8. The standard InChI is InChI=1S/C26H29N5OS/c32-24(31-22-10-4-2-8-19(22)12-13-20-9-3-5-11-23(20)31)18-33-26-28-27-25(30(26)21-14-15-21)29-16-6-1-7-17-29/h2-5,8-11,21H,1,6-7,12-18H2. The topological polar surface area (TPSA) is 54.3 Å². The Morgan fingerprint density at radius 3 is 2.15 bits per heavy atom. The summed E-state index contributed by atoms with van der Waals surface area (Å²) in [5.74, 6) is 1.43. The van der Waals surface area contributed by atoms with Crippen molar-refractivity contribution in [2.75, 3.05) is 28.6 Å². The summed E-state index contributed by atoms with van der Waals surface area (Å²) in [6, 6.07) is 17.1. The van der Waals surface area contributed by atoms with Crippen LogP contribution in [0.3, 0.4) is 0 Å². The lowest BCUT2D eigenvalue weighted by molar-refractivity contribution is -0.115. The Morgan fingerprint density at radius 1 is 0.879 bits per heavy atom. The molecule has 0 atom stereocenters. The molecule has 0 radical (unpaired) electrons. The van der Waals surface area contributed by atoms with Gasteiger partial charge in [0.15, 0.2) is 5.16 Å². The number of nitrogens with zero attached hydrogens (tertiary/aromatic N) is 5. The van der Waals surface area contributed by atoms with Crippen LogP contribution in [0.4, 0.5) is 17.3 Å². The molecule has 3 aliphatic rings. The minimum Gasteiger partial charge on any atom is -0.341 e. The van der Waals surface area contributed by atoms with Crippen LogP contribution in [-0.2, 0) is 17.6 Å². The smallest absolute Gasteiger partial charge is 0.242 e. The zero-order chi connectivity index (χ0) is 22.2. The normalized spacial score (nSPS) is 17.9. The molecule has 1 saturated carbocycles. The lowest BCUT2D eigenvalue weighted by atomic mass is 10.0.